The van der Waals surface area contributed by atoms with Crippen LogP contribution in [0.25, 0.3) is 0 Å². The quantitative estimate of drug-likeness (QED) is 0.873. The Morgan fingerprint density at radius 1 is 1.26 bits per heavy atom. The summed E-state index contributed by atoms with van der Waals surface area (Å²) in [4.78, 5) is 2.65. The van der Waals surface area contributed by atoms with Crippen LogP contribution in [0.1, 0.15) is 36.8 Å². The zero-order valence-corrected chi connectivity index (χ0v) is 12.1. The molecule has 2 heteroatoms. The van der Waals surface area contributed by atoms with Gasteiger partial charge in [-0.3, -0.25) is 0 Å². The first-order valence-corrected chi connectivity index (χ1v) is 7.89. The monoisotopic (exact) mass is 258 g/mol. The van der Waals surface area contributed by atoms with Gasteiger partial charge in [-0.05, 0) is 62.4 Å². The van der Waals surface area contributed by atoms with E-state index in [1.807, 2.05) is 7.05 Å². The molecule has 0 amide bonds. The molecule has 19 heavy (non-hydrogen) atoms. The Labute approximate surface area is 117 Å². The minimum absolute atomic E-state index is 0.951. The minimum atomic E-state index is 0.951. The van der Waals surface area contributed by atoms with Gasteiger partial charge in [-0.25, -0.2) is 0 Å². The zero-order chi connectivity index (χ0) is 13.1. The zero-order valence-electron chi connectivity index (χ0n) is 12.1. The molecule has 104 valence electrons. The molecular formula is C17H26N2. The Bertz CT molecular complexity index is 421. The average Bonchev–Trinajstić information content (AvgIpc) is 3.07. The first-order chi connectivity index (χ1) is 9.38. The summed E-state index contributed by atoms with van der Waals surface area (Å²) in [5, 5.41) is 3.26. The van der Waals surface area contributed by atoms with Crippen molar-refractivity contribution < 1.29 is 0 Å². The normalized spacial score (nSPS) is 19.1. The number of hydrogen-bond acceptors (Lipinski definition) is 2. The van der Waals surface area contributed by atoms with Crippen molar-refractivity contribution in [2.45, 2.75) is 38.5 Å². The lowest BCUT2D eigenvalue weighted by Crippen LogP contribution is -2.26. The van der Waals surface area contributed by atoms with Crippen molar-refractivity contribution >= 4 is 5.69 Å². The van der Waals surface area contributed by atoms with E-state index >= 15 is 0 Å². The van der Waals surface area contributed by atoms with E-state index in [1.165, 1.54) is 50.9 Å². The lowest BCUT2D eigenvalue weighted by molar-refractivity contribution is 0.538. The van der Waals surface area contributed by atoms with E-state index in [0.29, 0.717) is 0 Å². The molecule has 0 unspecified atom stereocenters. The van der Waals surface area contributed by atoms with E-state index in [2.05, 4.69) is 28.4 Å². The number of anilines is 1. The van der Waals surface area contributed by atoms with Crippen LogP contribution in [0.2, 0.25) is 0 Å². The minimum Gasteiger partial charge on any atom is -0.371 e. The van der Waals surface area contributed by atoms with Crippen molar-refractivity contribution in [3.63, 3.8) is 0 Å². The van der Waals surface area contributed by atoms with Crippen LogP contribution in [-0.2, 0) is 12.8 Å². The summed E-state index contributed by atoms with van der Waals surface area (Å²) >= 11 is 0. The SMILES string of the molecule is CNCCc1cccc2c1CCN2CC1CCCC1. The molecule has 0 spiro atoms. The van der Waals surface area contributed by atoms with Gasteiger partial charge in [0.25, 0.3) is 0 Å². The van der Waals surface area contributed by atoms with Crippen LogP contribution >= 0.6 is 0 Å². The molecule has 1 heterocycles. The lowest BCUT2D eigenvalue weighted by Gasteiger charge is -2.23. The van der Waals surface area contributed by atoms with E-state index in [4.69, 9.17) is 0 Å². The van der Waals surface area contributed by atoms with Crippen molar-refractivity contribution in [1.82, 2.24) is 5.32 Å². The van der Waals surface area contributed by atoms with Gasteiger partial charge in [0.15, 0.2) is 0 Å². The molecule has 2 nitrogen and oxygen atoms in total. The fourth-order valence-corrected chi connectivity index (χ4v) is 3.76. The van der Waals surface area contributed by atoms with E-state index in [1.54, 1.807) is 11.1 Å². The number of rotatable bonds is 5. The summed E-state index contributed by atoms with van der Waals surface area (Å²) in [6.07, 6.45) is 8.22. The molecule has 0 atom stereocenters. The number of likely N-dealkylation sites (N-methyl/N-ethyl adjacent to an activating group) is 1. The Hall–Kier alpha value is -1.02. The lowest BCUT2D eigenvalue weighted by atomic mass is 10.0. The molecule has 1 aliphatic carbocycles. The van der Waals surface area contributed by atoms with Gasteiger partial charge in [0.2, 0.25) is 0 Å². The highest BCUT2D eigenvalue weighted by atomic mass is 15.1. The van der Waals surface area contributed by atoms with Crippen LogP contribution in [0.3, 0.4) is 0 Å². The molecular weight excluding hydrogens is 232 g/mol. The predicted octanol–water partition coefficient (Wildman–Crippen LogP) is 3.00. The summed E-state index contributed by atoms with van der Waals surface area (Å²) in [6, 6.07) is 6.90. The number of hydrogen-bond donors (Lipinski definition) is 1. The third-order valence-electron chi connectivity index (χ3n) is 4.82. The van der Waals surface area contributed by atoms with Gasteiger partial charge in [-0.1, -0.05) is 25.0 Å². The summed E-state index contributed by atoms with van der Waals surface area (Å²) < 4.78 is 0. The highest BCUT2D eigenvalue weighted by molar-refractivity contribution is 5.61. The van der Waals surface area contributed by atoms with Crippen LogP contribution in [0.4, 0.5) is 5.69 Å². The van der Waals surface area contributed by atoms with Gasteiger partial charge >= 0.3 is 0 Å². The van der Waals surface area contributed by atoms with Gasteiger partial charge < -0.3 is 10.2 Å². The summed E-state index contributed by atoms with van der Waals surface area (Å²) in [5.74, 6) is 0.951. The highest BCUT2D eigenvalue weighted by Gasteiger charge is 2.25. The maximum absolute atomic E-state index is 3.26. The number of nitrogens with zero attached hydrogens (tertiary/aromatic N) is 1. The maximum atomic E-state index is 3.26. The molecule has 1 aliphatic heterocycles. The molecule has 1 fully saturated rings. The fraction of sp³-hybridized carbons (Fsp3) is 0.647. The van der Waals surface area contributed by atoms with Crippen LogP contribution in [-0.4, -0.2) is 26.7 Å². The molecule has 1 saturated carbocycles. The van der Waals surface area contributed by atoms with Gasteiger partial charge in [-0.2, -0.15) is 0 Å². The van der Waals surface area contributed by atoms with Crippen LogP contribution in [0, 0.1) is 5.92 Å². The number of fused-ring (bicyclic) bond motifs is 1. The van der Waals surface area contributed by atoms with E-state index in [9.17, 15) is 0 Å². The second kappa shape index (κ2) is 5.96. The summed E-state index contributed by atoms with van der Waals surface area (Å²) in [5.41, 5.74) is 4.71. The number of benzene rings is 1. The molecule has 1 aromatic rings. The fourth-order valence-electron chi connectivity index (χ4n) is 3.76. The Kier molecular flexibility index (Phi) is 4.07. The third-order valence-corrected chi connectivity index (χ3v) is 4.82. The standard InChI is InChI=1S/C17H26N2/c1-18-11-9-15-7-4-8-17-16(15)10-12-19(17)13-14-5-2-3-6-14/h4,7-8,14,18H,2-3,5-6,9-13H2,1H3. The third kappa shape index (κ3) is 2.79. The smallest absolute Gasteiger partial charge is 0.0402 e. The second-order valence-corrected chi connectivity index (χ2v) is 6.11. The van der Waals surface area contributed by atoms with Gasteiger partial charge in [0.1, 0.15) is 0 Å². The largest absolute Gasteiger partial charge is 0.371 e. The van der Waals surface area contributed by atoms with Gasteiger partial charge in [0, 0.05) is 18.8 Å². The first-order valence-electron chi connectivity index (χ1n) is 7.89. The van der Waals surface area contributed by atoms with Crippen molar-refractivity contribution in [2.75, 3.05) is 31.6 Å². The Morgan fingerprint density at radius 3 is 2.89 bits per heavy atom. The predicted molar refractivity (Wildman–Crippen MR) is 81.9 cm³/mol. The van der Waals surface area contributed by atoms with E-state index in [-0.39, 0.29) is 0 Å². The molecule has 2 aliphatic rings. The van der Waals surface area contributed by atoms with Gasteiger partial charge in [0.05, 0.1) is 0 Å². The van der Waals surface area contributed by atoms with Crippen LogP contribution in [0.5, 0.6) is 0 Å². The summed E-state index contributed by atoms with van der Waals surface area (Å²) in [7, 11) is 2.04. The average molecular weight is 258 g/mol. The van der Waals surface area contributed by atoms with Gasteiger partial charge in [-0.15, -0.1) is 0 Å². The van der Waals surface area contributed by atoms with E-state index < -0.39 is 0 Å². The van der Waals surface area contributed by atoms with Crippen molar-refractivity contribution in [3.05, 3.63) is 29.3 Å². The molecule has 3 rings (SSSR count). The Balaban J connectivity index is 1.72. The molecule has 1 aromatic carbocycles. The van der Waals surface area contributed by atoms with E-state index in [0.717, 1.165) is 18.9 Å². The van der Waals surface area contributed by atoms with Crippen molar-refractivity contribution in [1.29, 1.82) is 0 Å². The molecule has 0 radical (unpaired) electrons. The van der Waals surface area contributed by atoms with Crippen LogP contribution < -0.4 is 10.2 Å². The molecule has 0 aromatic heterocycles. The summed E-state index contributed by atoms with van der Waals surface area (Å²) in [6.45, 7) is 3.62. The Morgan fingerprint density at radius 2 is 2.11 bits per heavy atom. The van der Waals surface area contributed by atoms with Crippen LogP contribution in [0.15, 0.2) is 18.2 Å². The topological polar surface area (TPSA) is 15.3 Å². The molecule has 0 bridgehead atoms. The number of nitrogens with one attached hydrogen (secondary N) is 1. The highest BCUT2D eigenvalue weighted by Crippen LogP contribution is 2.34. The van der Waals surface area contributed by atoms with Crippen molar-refractivity contribution in [2.24, 2.45) is 5.92 Å². The molecule has 0 saturated heterocycles. The first kappa shape index (κ1) is 13.0. The molecule has 1 N–H and O–H groups in total. The maximum Gasteiger partial charge on any atom is 0.0402 e. The second-order valence-electron chi connectivity index (χ2n) is 6.11. The van der Waals surface area contributed by atoms with Crippen molar-refractivity contribution in [3.8, 4) is 0 Å².